The maximum absolute atomic E-state index is 12.6. The largest absolute Gasteiger partial charge is 0.496 e. The van der Waals surface area contributed by atoms with Crippen molar-refractivity contribution in [2.45, 2.75) is 82.6 Å². The Labute approximate surface area is 322 Å². The zero-order valence-corrected chi connectivity index (χ0v) is 32.4. The molecule has 0 radical (unpaired) electrons. The highest BCUT2D eigenvalue weighted by Gasteiger charge is 2.28. The Bertz CT molecular complexity index is 1970. The summed E-state index contributed by atoms with van der Waals surface area (Å²) in [7, 11) is 4.91. The fraction of sp³-hybridized carbons (Fsp3) is 0.500. The lowest BCUT2D eigenvalue weighted by molar-refractivity contribution is -0.134. The molecular weight excluding hydrogens is 699 g/mol. The van der Waals surface area contributed by atoms with Crippen molar-refractivity contribution in [2.75, 3.05) is 46.9 Å². The van der Waals surface area contributed by atoms with Gasteiger partial charge < -0.3 is 29.6 Å². The molecule has 13 nitrogen and oxygen atoms in total. The number of piperidine rings is 2. The number of aromatic nitrogens is 3. The molecule has 2 aliphatic rings. The van der Waals surface area contributed by atoms with Crippen molar-refractivity contribution in [1.29, 1.82) is 0 Å². The van der Waals surface area contributed by atoms with Crippen LogP contribution in [0.15, 0.2) is 53.6 Å². The van der Waals surface area contributed by atoms with Crippen LogP contribution in [0.1, 0.15) is 92.7 Å². The summed E-state index contributed by atoms with van der Waals surface area (Å²) in [6.45, 7) is 4.62. The lowest BCUT2D eigenvalue weighted by atomic mass is 9.86. The van der Waals surface area contributed by atoms with E-state index in [1.165, 1.54) is 35.8 Å². The Morgan fingerprint density at radius 2 is 1.58 bits per heavy atom. The average molecular weight is 754 g/mol. The first-order valence-electron chi connectivity index (χ1n) is 19.7. The number of likely N-dealkylation sites (tertiary alicyclic amines) is 1. The highest BCUT2D eigenvalue weighted by atomic mass is 16.5. The molecule has 6 rings (SSSR count). The number of unbranched alkanes of at least 4 members (excludes halogenated alkanes) is 5. The number of carbonyl (C=O) groups is 3. The van der Waals surface area contributed by atoms with Crippen molar-refractivity contribution in [3.63, 3.8) is 0 Å². The molecule has 55 heavy (non-hydrogen) atoms. The van der Waals surface area contributed by atoms with Crippen LogP contribution in [0.3, 0.4) is 0 Å². The number of fused-ring (bicyclic) bond motifs is 1. The molecule has 4 N–H and O–H groups in total. The minimum absolute atomic E-state index is 0.0462. The van der Waals surface area contributed by atoms with Gasteiger partial charge in [0.2, 0.25) is 17.7 Å². The van der Waals surface area contributed by atoms with Crippen LogP contribution in [0.25, 0.3) is 22.0 Å². The molecular formula is C42H55N7O6. The van der Waals surface area contributed by atoms with E-state index in [1.807, 2.05) is 12.1 Å². The Hall–Kier alpha value is -5.01. The van der Waals surface area contributed by atoms with Gasteiger partial charge in [0.05, 0.1) is 32.9 Å². The number of aromatic amines is 1. The summed E-state index contributed by atoms with van der Waals surface area (Å²) in [5.41, 5.74) is 5.08. The highest BCUT2D eigenvalue weighted by Crippen LogP contribution is 2.37. The van der Waals surface area contributed by atoms with Gasteiger partial charge in [0, 0.05) is 49.3 Å². The van der Waals surface area contributed by atoms with E-state index in [0.717, 1.165) is 67.6 Å². The number of nitrogens with zero attached hydrogens (tertiary/aromatic N) is 3. The monoisotopic (exact) mass is 753 g/mol. The first kappa shape index (κ1) is 39.7. The van der Waals surface area contributed by atoms with E-state index in [9.17, 15) is 19.2 Å². The summed E-state index contributed by atoms with van der Waals surface area (Å²) in [5.74, 6) is 1.17. The standard InChI is InChI=1S/C42H55N7O6/c1-48-27-35(33-25-45-47-40(33)42(48)53)31-22-36(54-2)34(37(23-31)55-3)24-43-26-39(51)44-18-8-6-4-5-7-9-19-49-20-16-29(17-21-49)28-10-12-30(13-11-28)32-14-15-38(50)46-41(32)52/h10-13,22-23,25,27,29,32,43H,4-9,14-21,24,26H2,1-3H3,(H,44,51)(H,45,47)(H,46,50,52). The van der Waals surface area contributed by atoms with Gasteiger partial charge in [-0.05, 0) is 86.5 Å². The van der Waals surface area contributed by atoms with Crippen molar-refractivity contribution in [2.24, 2.45) is 7.05 Å². The van der Waals surface area contributed by atoms with Gasteiger partial charge in [0.1, 0.15) is 17.0 Å². The van der Waals surface area contributed by atoms with Gasteiger partial charge in [-0.2, -0.15) is 5.10 Å². The van der Waals surface area contributed by atoms with Crippen LogP contribution in [-0.4, -0.2) is 84.3 Å². The molecule has 2 fully saturated rings. The zero-order chi connectivity index (χ0) is 38.7. The van der Waals surface area contributed by atoms with Gasteiger partial charge in [-0.1, -0.05) is 49.9 Å². The van der Waals surface area contributed by atoms with Crippen LogP contribution < -0.4 is 31.0 Å². The Morgan fingerprint density at radius 3 is 2.27 bits per heavy atom. The number of imide groups is 1. The lowest BCUT2D eigenvalue weighted by Crippen LogP contribution is -2.39. The minimum atomic E-state index is -0.223. The molecule has 2 saturated heterocycles. The summed E-state index contributed by atoms with van der Waals surface area (Å²) in [6, 6.07) is 12.3. The number of hydrogen-bond acceptors (Lipinski definition) is 9. The molecule has 1 atom stereocenters. The summed E-state index contributed by atoms with van der Waals surface area (Å²) >= 11 is 0. The lowest BCUT2D eigenvalue weighted by Gasteiger charge is -2.32. The van der Waals surface area contributed by atoms with E-state index in [0.29, 0.717) is 54.3 Å². The normalized spacial score (nSPS) is 16.7. The van der Waals surface area contributed by atoms with Crippen molar-refractivity contribution in [3.05, 3.63) is 75.8 Å². The van der Waals surface area contributed by atoms with Crippen molar-refractivity contribution < 1.29 is 23.9 Å². The fourth-order valence-corrected chi connectivity index (χ4v) is 7.96. The molecule has 2 aromatic carbocycles. The number of amides is 3. The van der Waals surface area contributed by atoms with Gasteiger partial charge in [-0.3, -0.25) is 29.6 Å². The molecule has 294 valence electrons. The maximum Gasteiger partial charge on any atom is 0.276 e. The molecule has 4 heterocycles. The number of aryl methyl sites for hydroxylation is 1. The minimum Gasteiger partial charge on any atom is -0.496 e. The maximum atomic E-state index is 12.6. The second-order valence-corrected chi connectivity index (χ2v) is 14.8. The SMILES string of the molecule is COc1cc(-c2cn(C)c(=O)c3[nH]ncc23)cc(OC)c1CNCC(=O)NCCCCCCCCN1CCC(c2ccc(C3CCC(=O)NC3=O)cc2)CC1. The van der Waals surface area contributed by atoms with E-state index in [1.54, 1.807) is 33.7 Å². The number of hydrogen-bond donors (Lipinski definition) is 4. The molecule has 1 unspecified atom stereocenters. The smallest absolute Gasteiger partial charge is 0.276 e. The molecule has 0 spiro atoms. The number of H-pyrrole nitrogens is 1. The van der Waals surface area contributed by atoms with Crippen LogP contribution >= 0.6 is 0 Å². The van der Waals surface area contributed by atoms with E-state index < -0.39 is 0 Å². The fourth-order valence-electron chi connectivity index (χ4n) is 7.96. The third-order valence-corrected chi connectivity index (χ3v) is 11.2. The summed E-state index contributed by atoms with van der Waals surface area (Å²) in [4.78, 5) is 51.4. The van der Waals surface area contributed by atoms with Crippen LogP contribution in [0.2, 0.25) is 0 Å². The molecule has 2 aliphatic heterocycles. The highest BCUT2D eigenvalue weighted by molar-refractivity contribution is 6.01. The van der Waals surface area contributed by atoms with Gasteiger partial charge in [0.25, 0.3) is 5.56 Å². The number of nitrogens with one attached hydrogen (secondary N) is 4. The van der Waals surface area contributed by atoms with Crippen molar-refractivity contribution in [1.82, 2.24) is 35.6 Å². The summed E-state index contributed by atoms with van der Waals surface area (Å²) in [6.07, 6.45) is 13.6. The van der Waals surface area contributed by atoms with E-state index >= 15 is 0 Å². The predicted molar refractivity (Wildman–Crippen MR) is 212 cm³/mol. The van der Waals surface area contributed by atoms with Crippen LogP contribution in [0.4, 0.5) is 0 Å². The number of rotatable bonds is 18. The van der Waals surface area contributed by atoms with Crippen LogP contribution in [0, 0.1) is 0 Å². The Balaban J connectivity index is 0.822. The van der Waals surface area contributed by atoms with Gasteiger partial charge in [-0.15, -0.1) is 0 Å². The number of pyridine rings is 1. The number of carbonyl (C=O) groups excluding carboxylic acids is 3. The molecule has 3 amide bonds. The Morgan fingerprint density at radius 1 is 0.909 bits per heavy atom. The van der Waals surface area contributed by atoms with E-state index in [4.69, 9.17) is 9.47 Å². The molecule has 13 heteroatoms. The number of methoxy groups -OCH3 is 2. The molecule has 4 aromatic rings. The zero-order valence-electron chi connectivity index (χ0n) is 32.4. The number of benzene rings is 2. The Kier molecular flexibility index (Phi) is 13.7. The predicted octanol–water partition coefficient (Wildman–Crippen LogP) is 4.89. The van der Waals surface area contributed by atoms with Crippen molar-refractivity contribution in [3.8, 4) is 22.6 Å². The van der Waals surface area contributed by atoms with E-state index in [-0.39, 0.29) is 35.7 Å². The summed E-state index contributed by atoms with van der Waals surface area (Å²) < 4.78 is 13.0. The van der Waals surface area contributed by atoms with Gasteiger partial charge in [-0.25, -0.2) is 0 Å². The first-order valence-corrected chi connectivity index (χ1v) is 19.7. The van der Waals surface area contributed by atoms with Gasteiger partial charge in [0.15, 0.2) is 0 Å². The van der Waals surface area contributed by atoms with Gasteiger partial charge >= 0.3 is 0 Å². The first-order chi connectivity index (χ1) is 26.7. The van der Waals surface area contributed by atoms with E-state index in [2.05, 4.69) is 55.3 Å². The molecule has 0 saturated carbocycles. The molecule has 0 aliphatic carbocycles. The van der Waals surface area contributed by atoms with Crippen molar-refractivity contribution >= 4 is 28.6 Å². The van der Waals surface area contributed by atoms with Crippen LogP contribution in [0.5, 0.6) is 11.5 Å². The third-order valence-electron chi connectivity index (χ3n) is 11.2. The second kappa shape index (κ2) is 19.0. The number of ether oxygens (including phenoxy) is 2. The second-order valence-electron chi connectivity index (χ2n) is 14.8. The summed E-state index contributed by atoms with van der Waals surface area (Å²) in [5, 5.41) is 16.3. The third kappa shape index (κ3) is 10.0. The van der Waals surface area contributed by atoms with Crippen LogP contribution in [-0.2, 0) is 28.0 Å². The topological polar surface area (TPSA) is 160 Å². The molecule has 2 aromatic heterocycles. The quantitative estimate of drug-likeness (QED) is 0.0820. The molecule has 0 bridgehead atoms. The average Bonchev–Trinajstić information content (AvgIpc) is 3.69.